The Morgan fingerprint density at radius 3 is 1.67 bits per heavy atom. The van der Waals surface area contributed by atoms with E-state index >= 15 is 0 Å². The SMILES string of the molecule is CCCS(=O)(=O)O.CO. The van der Waals surface area contributed by atoms with Crippen molar-refractivity contribution in [3.05, 3.63) is 0 Å². The summed E-state index contributed by atoms with van der Waals surface area (Å²) < 4.78 is 27.6. The van der Waals surface area contributed by atoms with E-state index in [-0.39, 0.29) is 5.75 Å². The molecule has 0 saturated heterocycles. The van der Waals surface area contributed by atoms with Crippen molar-refractivity contribution < 1.29 is 18.1 Å². The molecule has 58 valence electrons. The van der Waals surface area contributed by atoms with Gasteiger partial charge in [0.25, 0.3) is 10.1 Å². The van der Waals surface area contributed by atoms with Crippen molar-refractivity contribution in [3.63, 3.8) is 0 Å². The molecule has 0 heterocycles. The van der Waals surface area contributed by atoms with Gasteiger partial charge >= 0.3 is 0 Å². The molecular weight excluding hydrogens is 144 g/mol. The summed E-state index contributed by atoms with van der Waals surface area (Å²) in [7, 11) is -2.67. The van der Waals surface area contributed by atoms with Crippen LogP contribution in [0.3, 0.4) is 0 Å². The molecule has 4 nitrogen and oxygen atoms in total. The average Bonchev–Trinajstić information content (AvgIpc) is 1.69. The number of aliphatic hydroxyl groups excluding tert-OH is 1. The van der Waals surface area contributed by atoms with E-state index in [0.29, 0.717) is 6.42 Å². The molecule has 0 aromatic carbocycles. The molecule has 0 fully saturated rings. The summed E-state index contributed by atoms with van der Waals surface area (Å²) >= 11 is 0. The summed E-state index contributed by atoms with van der Waals surface area (Å²) in [5.74, 6) is -0.132. The van der Waals surface area contributed by atoms with Gasteiger partial charge in [0.15, 0.2) is 0 Å². The molecular formula is C4H12O4S. The number of hydrogen-bond acceptors (Lipinski definition) is 3. The molecule has 0 atom stereocenters. The first-order valence-electron chi connectivity index (χ1n) is 2.46. The van der Waals surface area contributed by atoms with Gasteiger partial charge in [0.1, 0.15) is 0 Å². The fourth-order valence-corrected chi connectivity index (χ4v) is 0.774. The lowest BCUT2D eigenvalue weighted by molar-refractivity contribution is 0.399. The monoisotopic (exact) mass is 156 g/mol. The van der Waals surface area contributed by atoms with Crippen LogP contribution >= 0.6 is 0 Å². The van der Waals surface area contributed by atoms with Crippen molar-refractivity contribution in [2.75, 3.05) is 12.9 Å². The molecule has 9 heavy (non-hydrogen) atoms. The van der Waals surface area contributed by atoms with Crippen LogP contribution in [0.25, 0.3) is 0 Å². The lowest BCUT2D eigenvalue weighted by Crippen LogP contribution is -2.01. The summed E-state index contributed by atoms with van der Waals surface area (Å²) in [4.78, 5) is 0. The zero-order chi connectivity index (χ0) is 7.91. The average molecular weight is 156 g/mol. The van der Waals surface area contributed by atoms with Crippen molar-refractivity contribution in [2.45, 2.75) is 13.3 Å². The van der Waals surface area contributed by atoms with Crippen molar-refractivity contribution in [1.82, 2.24) is 0 Å². The van der Waals surface area contributed by atoms with E-state index in [0.717, 1.165) is 7.11 Å². The van der Waals surface area contributed by atoms with E-state index in [9.17, 15) is 8.42 Å². The molecule has 0 aromatic heterocycles. The standard InChI is InChI=1S/C3H8O3S.CH4O/c1-2-3-7(4,5)6;1-2/h2-3H2,1H3,(H,4,5,6);2H,1H3. The Hall–Kier alpha value is -0.130. The molecule has 0 radical (unpaired) electrons. The first-order chi connectivity index (χ1) is 4.06. The van der Waals surface area contributed by atoms with Gasteiger partial charge in [0.05, 0.1) is 5.75 Å². The van der Waals surface area contributed by atoms with E-state index in [4.69, 9.17) is 9.66 Å². The van der Waals surface area contributed by atoms with Crippen LogP contribution in [0, 0.1) is 0 Å². The van der Waals surface area contributed by atoms with Crippen molar-refractivity contribution in [1.29, 1.82) is 0 Å². The van der Waals surface area contributed by atoms with E-state index in [1.54, 1.807) is 6.92 Å². The van der Waals surface area contributed by atoms with E-state index in [1.165, 1.54) is 0 Å². The van der Waals surface area contributed by atoms with Crippen molar-refractivity contribution >= 4 is 10.1 Å². The molecule has 0 rings (SSSR count). The third kappa shape index (κ3) is 18.1. The molecule has 0 aliphatic carbocycles. The minimum atomic E-state index is -3.67. The van der Waals surface area contributed by atoms with Crippen LogP contribution in [0.2, 0.25) is 0 Å². The second-order valence-electron chi connectivity index (χ2n) is 1.29. The first-order valence-corrected chi connectivity index (χ1v) is 4.07. The van der Waals surface area contributed by atoms with Crippen LogP contribution in [0.1, 0.15) is 13.3 Å². The summed E-state index contributed by atoms with van der Waals surface area (Å²) in [6, 6.07) is 0. The number of aliphatic hydroxyl groups is 1. The van der Waals surface area contributed by atoms with Gasteiger partial charge in [-0.25, -0.2) is 0 Å². The fraction of sp³-hybridized carbons (Fsp3) is 1.00. The minimum Gasteiger partial charge on any atom is -0.400 e. The summed E-state index contributed by atoms with van der Waals surface area (Å²) in [5.41, 5.74) is 0. The summed E-state index contributed by atoms with van der Waals surface area (Å²) in [6.07, 6.45) is 0.471. The predicted octanol–water partition coefficient (Wildman–Crippen LogP) is -0.107. The molecule has 0 saturated carbocycles. The molecule has 0 bridgehead atoms. The Morgan fingerprint density at radius 2 is 1.67 bits per heavy atom. The van der Waals surface area contributed by atoms with Crippen molar-refractivity contribution in [2.24, 2.45) is 0 Å². The van der Waals surface area contributed by atoms with Gasteiger partial charge < -0.3 is 5.11 Å². The highest BCUT2D eigenvalue weighted by Crippen LogP contribution is 1.83. The third-order valence-electron chi connectivity index (χ3n) is 0.462. The Bertz CT molecular complexity index is 126. The zero-order valence-corrected chi connectivity index (χ0v) is 6.35. The molecule has 0 spiro atoms. The van der Waals surface area contributed by atoms with Crippen LogP contribution in [0.4, 0.5) is 0 Å². The second kappa shape index (κ2) is 6.00. The highest BCUT2D eigenvalue weighted by molar-refractivity contribution is 7.85. The lowest BCUT2D eigenvalue weighted by Gasteiger charge is -1.85. The van der Waals surface area contributed by atoms with Gasteiger partial charge in [0.2, 0.25) is 0 Å². The van der Waals surface area contributed by atoms with Gasteiger partial charge in [-0.1, -0.05) is 6.92 Å². The normalized spacial score (nSPS) is 9.78. The highest BCUT2D eigenvalue weighted by Gasteiger charge is 1.98. The maximum absolute atomic E-state index is 9.79. The van der Waals surface area contributed by atoms with Gasteiger partial charge in [-0.3, -0.25) is 4.55 Å². The van der Waals surface area contributed by atoms with Crippen LogP contribution in [0.15, 0.2) is 0 Å². The fourth-order valence-electron chi connectivity index (χ4n) is 0.258. The number of rotatable bonds is 2. The van der Waals surface area contributed by atoms with Crippen LogP contribution in [-0.4, -0.2) is 30.9 Å². The molecule has 0 unspecified atom stereocenters. The quantitative estimate of drug-likeness (QED) is 0.547. The lowest BCUT2D eigenvalue weighted by atomic mass is 10.6. The van der Waals surface area contributed by atoms with Crippen LogP contribution in [0.5, 0.6) is 0 Å². The maximum Gasteiger partial charge on any atom is 0.264 e. The summed E-state index contributed by atoms with van der Waals surface area (Å²) in [5, 5.41) is 7.00. The van der Waals surface area contributed by atoms with Crippen molar-refractivity contribution in [3.8, 4) is 0 Å². The van der Waals surface area contributed by atoms with Crippen LogP contribution in [-0.2, 0) is 10.1 Å². The molecule has 2 N–H and O–H groups in total. The molecule has 0 aliphatic heterocycles. The summed E-state index contributed by atoms with van der Waals surface area (Å²) in [6.45, 7) is 1.69. The number of hydrogen-bond donors (Lipinski definition) is 2. The topological polar surface area (TPSA) is 74.6 Å². The van der Waals surface area contributed by atoms with Gasteiger partial charge in [-0.15, -0.1) is 0 Å². The van der Waals surface area contributed by atoms with E-state index in [2.05, 4.69) is 0 Å². The van der Waals surface area contributed by atoms with Gasteiger partial charge in [-0.05, 0) is 6.42 Å². The Morgan fingerprint density at radius 1 is 1.33 bits per heavy atom. The zero-order valence-electron chi connectivity index (χ0n) is 5.53. The Kier molecular flexibility index (Phi) is 7.76. The Labute approximate surface area is 55.3 Å². The Balaban J connectivity index is 0. The largest absolute Gasteiger partial charge is 0.400 e. The molecule has 0 amide bonds. The second-order valence-corrected chi connectivity index (χ2v) is 2.86. The maximum atomic E-state index is 9.79. The highest BCUT2D eigenvalue weighted by atomic mass is 32.2. The van der Waals surface area contributed by atoms with Crippen LogP contribution < -0.4 is 0 Å². The first kappa shape index (κ1) is 11.6. The van der Waals surface area contributed by atoms with Gasteiger partial charge in [-0.2, -0.15) is 8.42 Å². The minimum absolute atomic E-state index is 0.132. The molecule has 0 aromatic rings. The molecule has 0 aliphatic rings. The third-order valence-corrected chi connectivity index (χ3v) is 1.39. The van der Waals surface area contributed by atoms with Gasteiger partial charge in [0, 0.05) is 7.11 Å². The predicted molar refractivity (Wildman–Crippen MR) is 34.8 cm³/mol. The smallest absolute Gasteiger partial charge is 0.264 e. The molecule has 5 heteroatoms. The van der Waals surface area contributed by atoms with E-state index < -0.39 is 10.1 Å². The van der Waals surface area contributed by atoms with E-state index in [1.807, 2.05) is 0 Å².